The summed E-state index contributed by atoms with van der Waals surface area (Å²) in [6.07, 6.45) is 2.68. The van der Waals surface area contributed by atoms with E-state index in [0.717, 1.165) is 19.0 Å². The van der Waals surface area contributed by atoms with Crippen LogP contribution in [0.5, 0.6) is 0 Å². The lowest BCUT2D eigenvalue weighted by molar-refractivity contribution is 0.204. The molecule has 1 atom stereocenters. The molecule has 2 nitrogen and oxygen atoms in total. The van der Waals surface area contributed by atoms with Gasteiger partial charge in [0.25, 0.3) is 0 Å². The Kier molecular flexibility index (Phi) is 4.73. The van der Waals surface area contributed by atoms with Crippen LogP contribution in [0.4, 0.5) is 0 Å². The fourth-order valence-electron chi connectivity index (χ4n) is 3.10. The number of nitrogens with zero attached hydrogens (tertiary/aromatic N) is 1. The molecule has 0 spiro atoms. The third kappa shape index (κ3) is 3.37. The highest BCUT2D eigenvalue weighted by Crippen LogP contribution is 2.43. The van der Waals surface area contributed by atoms with Crippen LogP contribution in [0, 0.1) is 0 Å². The Morgan fingerprint density at radius 1 is 1.24 bits per heavy atom. The van der Waals surface area contributed by atoms with Crippen molar-refractivity contribution >= 4 is 11.3 Å². The Morgan fingerprint density at radius 3 is 2.67 bits per heavy atom. The second kappa shape index (κ2) is 6.73. The molecule has 3 rings (SSSR count). The number of thiophene rings is 1. The van der Waals surface area contributed by atoms with Gasteiger partial charge in [0.05, 0.1) is 0 Å². The van der Waals surface area contributed by atoms with E-state index in [1.807, 2.05) is 11.3 Å². The van der Waals surface area contributed by atoms with Crippen molar-refractivity contribution in [2.45, 2.75) is 38.3 Å². The summed E-state index contributed by atoms with van der Waals surface area (Å²) in [5.74, 6) is 0.774. The maximum absolute atomic E-state index is 6.16. The molecule has 0 radical (unpaired) electrons. The number of rotatable bonds is 7. The zero-order valence-corrected chi connectivity index (χ0v) is 13.5. The highest BCUT2D eigenvalue weighted by Gasteiger charge is 2.29. The minimum atomic E-state index is 0.328. The van der Waals surface area contributed by atoms with Crippen LogP contribution in [0.3, 0.4) is 0 Å². The van der Waals surface area contributed by atoms with E-state index in [4.69, 9.17) is 5.73 Å². The predicted molar refractivity (Wildman–Crippen MR) is 90.6 cm³/mol. The first-order valence-corrected chi connectivity index (χ1v) is 8.76. The van der Waals surface area contributed by atoms with E-state index in [9.17, 15) is 0 Å². The molecule has 1 unspecified atom stereocenters. The molecule has 1 fully saturated rings. The molecular formula is C18H24N2S. The molecule has 112 valence electrons. The van der Waals surface area contributed by atoms with Crippen molar-refractivity contribution in [3.05, 3.63) is 57.8 Å². The zero-order chi connectivity index (χ0) is 14.7. The lowest BCUT2D eigenvalue weighted by Crippen LogP contribution is -2.33. The van der Waals surface area contributed by atoms with E-state index < -0.39 is 0 Å². The van der Waals surface area contributed by atoms with Crippen molar-refractivity contribution in [1.82, 2.24) is 4.90 Å². The molecule has 2 aromatic rings. The topological polar surface area (TPSA) is 29.3 Å². The van der Waals surface area contributed by atoms with Gasteiger partial charge in [0.15, 0.2) is 0 Å². The van der Waals surface area contributed by atoms with Gasteiger partial charge in [0, 0.05) is 24.0 Å². The summed E-state index contributed by atoms with van der Waals surface area (Å²) in [7, 11) is 0. The van der Waals surface area contributed by atoms with Crippen molar-refractivity contribution in [2.24, 2.45) is 5.73 Å². The number of hydrogen-bond donors (Lipinski definition) is 1. The van der Waals surface area contributed by atoms with Gasteiger partial charge in [-0.05, 0) is 47.9 Å². The average Bonchev–Trinajstić information content (AvgIpc) is 3.24. The van der Waals surface area contributed by atoms with Crippen LogP contribution in [-0.4, -0.2) is 18.0 Å². The van der Waals surface area contributed by atoms with Gasteiger partial charge in [-0.3, -0.25) is 4.90 Å². The number of benzene rings is 1. The van der Waals surface area contributed by atoms with Crippen molar-refractivity contribution in [2.75, 3.05) is 13.1 Å². The normalized spacial score (nSPS) is 16.3. The number of nitrogens with two attached hydrogens (primary N) is 1. The van der Waals surface area contributed by atoms with Crippen LogP contribution in [0.2, 0.25) is 0 Å². The highest BCUT2D eigenvalue weighted by molar-refractivity contribution is 7.09. The maximum atomic E-state index is 6.16. The Labute approximate surface area is 131 Å². The van der Waals surface area contributed by atoms with Crippen molar-refractivity contribution in [1.29, 1.82) is 0 Å². The van der Waals surface area contributed by atoms with Crippen LogP contribution in [-0.2, 0) is 6.54 Å². The minimum absolute atomic E-state index is 0.328. The first-order chi connectivity index (χ1) is 10.3. The van der Waals surface area contributed by atoms with Crippen molar-refractivity contribution in [3.8, 4) is 0 Å². The first kappa shape index (κ1) is 14.8. The molecule has 1 saturated carbocycles. The van der Waals surface area contributed by atoms with Gasteiger partial charge in [-0.25, -0.2) is 0 Å². The first-order valence-electron chi connectivity index (χ1n) is 7.88. The fourth-order valence-corrected chi connectivity index (χ4v) is 3.83. The molecule has 3 heteroatoms. The molecule has 1 aliphatic rings. The van der Waals surface area contributed by atoms with Crippen LogP contribution >= 0.6 is 11.3 Å². The molecule has 1 heterocycles. The number of hydrogen-bond acceptors (Lipinski definition) is 3. The molecule has 2 N–H and O–H groups in total. The van der Waals surface area contributed by atoms with E-state index in [-0.39, 0.29) is 0 Å². The van der Waals surface area contributed by atoms with Gasteiger partial charge in [0.2, 0.25) is 0 Å². The van der Waals surface area contributed by atoms with Crippen LogP contribution < -0.4 is 5.73 Å². The van der Waals surface area contributed by atoms with E-state index in [2.05, 4.69) is 53.6 Å². The van der Waals surface area contributed by atoms with E-state index in [1.165, 1.54) is 28.8 Å². The second-order valence-electron chi connectivity index (χ2n) is 5.80. The van der Waals surface area contributed by atoms with Crippen LogP contribution in [0.1, 0.15) is 47.7 Å². The molecular weight excluding hydrogens is 276 g/mol. The molecule has 0 bridgehead atoms. The van der Waals surface area contributed by atoms with E-state index in [1.54, 1.807) is 0 Å². The van der Waals surface area contributed by atoms with Crippen LogP contribution in [0.25, 0.3) is 0 Å². The standard InChI is InChI=1S/C18H24N2S/c1-2-20(13-15-6-5-11-21-15)18(12-19)17-8-4-3-7-16(17)14-9-10-14/h3-8,11,14,18H,2,9-10,12-13,19H2,1H3. The number of likely N-dealkylation sites (N-methyl/N-ethyl adjacent to an activating group) is 1. The molecule has 1 aromatic carbocycles. The molecule has 0 saturated heterocycles. The maximum Gasteiger partial charge on any atom is 0.0477 e. The zero-order valence-electron chi connectivity index (χ0n) is 12.7. The summed E-state index contributed by atoms with van der Waals surface area (Å²) in [6.45, 7) is 4.94. The Bertz CT molecular complexity index is 560. The average molecular weight is 300 g/mol. The Hall–Kier alpha value is -1.16. The summed E-state index contributed by atoms with van der Waals surface area (Å²) in [4.78, 5) is 3.92. The van der Waals surface area contributed by atoms with Gasteiger partial charge in [-0.1, -0.05) is 37.3 Å². The summed E-state index contributed by atoms with van der Waals surface area (Å²) in [6, 6.07) is 13.6. The van der Waals surface area contributed by atoms with Crippen molar-refractivity contribution in [3.63, 3.8) is 0 Å². The smallest absolute Gasteiger partial charge is 0.0477 e. The fraction of sp³-hybridized carbons (Fsp3) is 0.444. The van der Waals surface area contributed by atoms with Gasteiger partial charge in [-0.15, -0.1) is 11.3 Å². The summed E-state index contributed by atoms with van der Waals surface area (Å²) in [5, 5.41) is 2.15. The van der Waals surface area contributed by atoms with E-state index >= 15 is 0 Å². The quantitative estimate of drug-likeness (QED) is 0.832. The second-order valence-corrected chi connectivity index (χ2v) is 6.83. The lowest BCUT2D eigenvalue weighted by atomic mass is 9.96. The van der Waals surface area contributed by atoms with Gasteiger partial charge in [-0.2, -0.15) is 0 Å². The third-order valence-electron chi connectivity index (χ3n) is 4.38. The summed E-state index contributed by atoms with van der Waals surface area (Å²) < 4.78 is 0. The van der Waals surface area contributed by atoms with Crippen molar-refractivity contribution < 1.29 is 0 Å². The Balaban J connectivity index is 1.85. The molecule has 0 amide bonds. The van der Waals surface area contributed by atoms with E-state index in [0.29, 0.717) is 12.6 Å². The van der Waals surface area contributed by atoms with Gasteiger partial charge >= 0.3 is 0 Å². The van der Waals surface area contributed by atoms with Gasteiger partial charge in [0.1, 0.15) is 0 Å². The molecule has 0 aliphatic heterocycles. The highest BCUT2D eigenvalue weighted by atomic mass is 32.1. The molecule has 1 aromatic heterocycles. The summed E-state index contributed by atoms with van der Waals surface area (Å²) >= 11 is 1.83. The molecule has 21 heavy (non-hydrogen) atoms. The Morgan fingerprint density at radius 2 is 2.05 bits per heavy atom. The third-order valence-corrected chi connectivity index (χ3v) is 5.24. The minimum Gasteiger partial charge on any atom is -0.329 e. The lowest BCUT2D eigenvalue weighted by Gasteiger charge is -2.31. The van der Waals surface area contributed by atoms with Gasteiger partial charge < -0.3 is 5.73 Å². The SMILES string of the molecule is CCN(Cc1cccs1)C(CN)c1ccccc1C1CC1. The van der Waals surface area contributed by atoms with Crippen LogP contribution in [0.15, 0.2) is 41.8 Å². The summed E-state index contributed by atoms with van der Waals surface area (Å²) in [5.41, 5.74) is 9.13. The monoisotopic (exact) mass is 300 g/mol. The molecule has 1 aliphatic carbocycles. The largest absolute Gasteiger partial charge is 0.329 e. The predicted octanol–water partition coefficient (Wildman–Crippen LogP) is 4.15.